The van der Waals surface area contributed by atoms with Crippen LogP contribution in [0.5, 0.6) is 5.75 Å². The van der Waals surface area contributed by atoms with Gasteiger partial charge in [0.05, 0.1) is 12.3 Å². The summed E-state index contributed by atoms with van der Waals surface area (Å²) >= 11 is 0. The highest BCUT2D eigenvalue weighted by Gasteiger charge is 2.16. The Labute approximate surface area is 168 Å². The monoisotopic (exact) mass is 394 g/mol. The zero-order valence-corrected chi connectivity index (χ0v) is 16.1. The van der Waals surface area contributed by atoms with Crippen molar-refractivity contribution >= 4 is 11.6 Å². The summed E-state index contributed by atoms with van der Waals surface area (Å²) in [6, 6.07) is 13.5. The van der Waals surface area contributed by atoms with Crippen molar-refractivity contribution in [1.82, 2.24) is 4.98 Å². The molecule has 0 radical (unpaired) electrons. The van der Waals surface area contributed by atoms with Crippen LogP contribution in [-0.4, -0.2) is 17.0 Å². The van der Waals surface area contributed by atoms with Crippen molar-refractivity contribution in [2.75, 3.05) is 5.32 Å². The number of anilines is 1. The van der Waals surface area contributed by atoms with Gasteiger partial charge >= 0.3 is 0 Å². The average Bonchev–Trinajstić information content (AvgIpc) is 3.41. The standard InChI is InChI=1S/C23H23FN2O3/c24-17-7-5-16(6-8-17)21-15-25-23(29-21)14-13-22(27)26-18-9-11-20(12-10-18)28-19-3-1-2-4-19/h5-12,15,19H,1-4,13-14H2,(H,26,27). The molecule has 150 valence electrons. The van der Waals surface area contributed by atoms with Gasteiger partial charge in [0.1, 0.15) is 11.6 Å². The first-order valence-corrected chi connectivity index (χ1v) is 9.93. The van der Waals surface area contributed by atoms with Gasteiger partial charge < -0.3 is 14.5 Å². The minimum absolute atomic E-state index is 0.115. The second-order valence-electron chi connectivity index (χ2n) is 7.22. The lowest BCUT2D eigenvalue weighted by Gasteiger charge is -2.13. The molecule has 1 saturated carbocycles. The highest BCUT2D eigenvalue weighted by molar-refractivity contribution is 5.90. The van der Waals surface area contributed by atoms with Crippen LogP contribution >= 0.6 is 0 Å². The Hall–Kier alpha value is -3.15. The summed E-state index contributed by atoms with van der Waals surface area (Å²) in [5.74, 6) is 1.44. The van der Waals surface area contributed by atoms with Crippen LogP contribution in [0.2, 0.25) is 0 Å². The van der Waals surface area contributed by atoms with E-state index in [1.165, 1.54) is 25.0 Å². The molecule has 1 N–H and O–H groups in total. The van der Waals surface area contributed by atoms with Crippen molar-refractivity contribution in [3.8, 4) is 17.1 Å². The number of ether oxygens (including phenoxy) is 1. The Bertz CT molecular complexity index is 945. The molecule has 0 bridgehead atoms. The second-order valence-corrected chi connectivity index (χ2v) is 7.22. The molecule has 0 saturated heterocycles. The number of aromatic nitrogens is 1. The number of hydrogen-bond donors (Lipinski definition) is 1. The highest BCUT2D eigenvalue weighted by Crippen LogP contribution is 2.25. The molecule has 0 aliphatic heterocycles. The molecule has 6 heteroatoms. The SMILES string of the molecule is O=C(CCc1ncc(-c2ccc(F)cc2)o1)Nc1ccc(OC2CCCC2)cc1. The van der Waals surface area contributed by atoms with Crippen molar-refractivity contribution in [1.29, 1.82) is 0 Å². The van der Waals surface area contributed by atoms with E-state index < -0.39 is 0 Å². The molecular formula is C23H23FN2O3. The number of rotatable bonds is 7. The molecule has 5 nitrogen and oxygen atoms in total. The normalized spacial score (nSPS) is 14.1. The predicted octanol–water partition coefficient (Wildman–Crippen LogP) is 5.37. The summed E-state index contributed by atoms with van der Waals surface area (Å²) < 4.78 is 24.6. The van der Waals surface area contributed by atoms with Gasteiger partial charge in [-0.1, -0.05) is 0 Å². The third kappa shape index (κ3) is 5.22. The number of hydrogen-bond acceptors (Lipinski definition) is 4. The number of aryl methyl sites for hydroxylation is 1. The van der Waals surface area contributed by atoms with E-state index in [1.807, 2.05) is 24.3 Å². The van der Waals surface area contributed by atoms with E-state index in [0.717, 1.165) is 29.8 Å². The van der Waals surface area contributed by atoms with E-state index in [-0.39, 0.29) is 18.1 Å². The average molecular weight is 394 g/mol. The fraction of sp³-hybridized carbons (Fsp3) is 0.304. The summed E-state index contributed by atoms with van der Waals surface area (Å²) in [5, 5.41) is 2.87. The van der Waals surface area contributed by atoms with Crippen LogP contribution in [0.4, 0.5) is 10.1 Å². The molecular weight excluding hydrogens is 371 g/mol. The second kappa shape index (κ2) is 8.90. The van der Waals surface area contributed by atoms with Gasteiger partial charge in [0.2, 0.25) is 5.91 Å². The van der Waals surface area contributed by atoms with Gasteiger partial charge in [0, 0.05) is 24.1 Å². The van der Waals surface area contributed by atoms with Crippen LogP contribution in [0.3, 0.4) is 0 Å². The Morgan fingerprint density at radius 3 is 2.55 bits per heavy atom. The van der Waals surface area contributed by atoms with Crippen LogP contribution in [0, 0.1) is 5.82 Å². The van der Waals surface area contributed by atoms with Gasteiger partial charge in [-0.15, -0.1) is 0 Å². The van der Waals surface area contributed by atoms with Gasteiger partial charge in [0.25, 0.3) is 0 Å². The molecule has 1 aliphatic rings. The zero-order chi connectivity index (χ0) is 20.1. The van der Waals surface area contributed by atoms with Crippen molar-refractivity contribution in [3.05, 3.63) is 66.4 Å². The van der Waals surface area contributed by atoms with Crippen molar-refractivity contribution < 1.29 is 18.3 Å². The number of nitrogens with zero attached hydrogens (tertiary/aromatic N) is 1. The summed E-state index contributed by atoms with van der Waals surface area (Å²) in [4.78, 5) is 16.4. The first-order chi connectivity index (χ1) is 14.2. The van der Waals surface area contributed by atoms with Crippen molar-refractivity contribution in [2.24, 2.45) is 0 Å². The van der Waals surface area contributed by atoms with E-state index in [1.54, 1.807) is 18.3 Å². The number of benzene rings is 2. The third-order valence-corrected chi connectivity index (χ3v) is 4.99. The molecule has 0 unspecified atom stereocenters. The Kier molecular flexibility index (Phi) is 5.89. The van der Waals surface area contributed by atoms with Crippen LogP contribution in [0.25, 0.3) is 11.3 Å². The maximum absolute atomic E-state index is 13.0. The van der Waals surface area contributed by atoms with Gasteiger partial charge in [-0.25, -0.2) is 9.37 Å². The van der Waals surface area contributed by atoms with Gasteiger partial charge in [-0.2, -0.15) is 0 Å². The zero-order valence-electron chi connectivity index (χ0n) is 16.1. The molecule has 4 rings (SSSR count). The molecule has 29 heavy (non-hydrogen) atoms. The van der Waals surface area contributed by atoms with E-state index in [9.17, 15) is 9.18 Å². The summed E-state index contributed by atoms with van der Waals surface area (Å²) in [6.45, 7) is 0. The molecule has 1 amide bonds. The fourth-order valence-electron chi connectivity index (χ4n) is 3.43. The number of halogens is 1. The van der Waals surface area contributed by atoms with Crippen LogP contribution < -0.4 is 10.1 Å². The lowest BCUT2D eigenvalue weighted by atomic mass is 10.2. The molecule has 1 aliphatic carbocycles. The smallest absolute Gasteiger partial charge is 0.224 e. The largest absolute Gasteiger partial charge is 0.490 e. The van der Waals surface area contributed by atoms with E-state index in [0.29, 0.717) is 24.2 Å². The number of nitrogens with one attached hydrogen (secondary N) is 1. The molecule has 0 spiro atoms. The van der Waals surface area contributed by atoms with E-state index in [2.05, 4.69) is 10.3 Å². The molecule has 1 aromatic heterocycles. The third-order valence-electron chi connectivity index (χ3n) is 4.99. The predicted molar refractivity (Wildman–Crippen MR) is 108 cm³/mol. The Morgan fingerprint density at radius 1 is 1.10 bits per heavy atom. The number of carbonyl (C=O) groups is 1. The molecule has 2 aromatic carbocycles. The molecule has 1 fully saturated rings. The minimum atomic E-state index is -0.303. The number of carbonyl (C=O) groups excluding carboxylic acids is 1. The molecule has 3 aromatic rings. The first kappa shape index (κ1) is 19.2. The lowest BCUT2D eigenvalue weighted by Crippen LogP contribution is -2.13. The van der Waals surface area contributed by atoms with Crippen LogP contribution in [-0.2, 0) is 11.2 Å². The van der Waals surface area contributed by atoms with Crippen LogP contribution in [0.1, 0.15) is 38.0 Å². The van der Waals surface area contributed by atoms with Crippen LogP contribution in [0.15, 0.2) is 59.1 Å². The number of oxazole rings is 1. The maximum atomic E-state index is 13.0. The Morgan fingerprint density at radius 2 is 1.83 bits per heavy atom. The lowest BCUT2D eigenvalue weighted by molar-refractivity contribution is -0.116. The summed E-state index contributed by atoms with van der Waals surface area (Å²) in [5.41, 5.74) is 1.47. The number of amides is 1. The van der Waals surface area contributed by atoms with Gasteiger partial charge in [0.15, 0.2) is 11.7 Å². The van der Waals surface area contributed by atoms with E-state index in [4.69, 9.17) is 9.15 Å². The van der Waals surface area contributed by atoms with Gasteiger partial charge in [-0.05, 0) is 74.2 Å². The first-order valence-electron chi connectivity index (χ1n) is 9.93. The highest BCUT2D eigenvalue weighted by atomic mass is 19.1. The Balaban J connectivity index is 1.26. The topological polar surface area (TPSA) is 64.4 Å². The van der Waals surface area contributed by atoms with E-state index >= 15 is 0 Å². The maximum Gasteiger partial charge on any atom is 0.224 e. The molecule has 1 heterocycles. The van der Waals surface area contributed by atoms with Crippen molar-refractivity contribution in [3.63, 3.8) is 0 Å². The molecule has 0 atom stereocenters. The summed E-state index contributed by atoms with van der Waals surface area (Å²) in [7, 11) is 0. The quantitative estimate of drug-likeness (QED) is 0.585. The van der Waals surface area contributed by atoms with Gasteiger partial charge in [-0.3, -0.25) is 4.79 Å². The fourth-order valence-corrected chi connectivity index (χ4v) is 3.43. The van der Waals surface area contributed by atoms with Crippen molar-refractivity contribution in [2.45, 2.75) is 44.6 Å². The summed E-state index contributed by atoms with van der Waals surface area (Å²) in [6.07, 6.45) is 7.23. The minimum Gasteiger partial charge on any atom is -0.490 e.